The van der Waals surface area contributed by atoms with Crippen molar-refractivity contribution in [1.82, 2.24) is 25.3 Å². The van der Waals surface area contributed by atoms with Gasteiger partial charge in [-0.1, -0.05) is 12.1 Å². The van der Waals surface area contributed by atoms with Gasteiger partial charge in [0.1, 0.15) is 17.1 Å². The SMILES string of the molecule is Cc1nc(C2CCN(C(=O)[O-])C(Cc3ccc(SC(F)(F)F)cc3)C2)sc1CNc1ccc2n[nH]nc2c1. The Bertz CT molecular complexity index is 1420. The van der Waals surface area contributed by atoms with Crippen LogP contribution in [0.3, 0.4) is 0 Å². The van der Waals surface area contributed by atoms with Gasteiger partial charge in [-0.05, 0) is 73.8 Å². The molecule has 38 heavy (non-hydrogen) atoms. The number of carbonyl (C=O) groups excluding carboxylic acids is 1. The average molecular weight is 562 g/mol. The van der Waals surface area contributed by atoms with E-state index in [4.69, 9.17) is 4.98 Å². The second-order valence-corrected chi connectivity index (χ2v) is 11.4. The van der Waals surface area contributed by atoms with Crippen LogP contribution in [-0.2, 0) is 13.0 Å². The molecule has 0 saturated carbocycles. The first-order chi connectivity index (χ1) is 18.1. The molecule has 2 N–H and O–H groups in total. The number of aromatic amines is 1. The van der Waals surface area contributed by atoms with Crippen LogP contribution < -0.4 is 10.4 Å². The van der Waals surface area contributed by atoms with Gasteiger partial charge in [-0.15, -0.1) is 11.3 Å². The van der Waals surface area contributed by atoms with Crippen LogP contribution >= 0.6 is 23.1 Å². The first-order valence-electron chi connectivity index (χ1n) is 12.0. The number of thioether (sulfide) groups is 1. The molecule has 3 heterocycles. The van der Waals surface area contributed by atoms with Gasteiger partial charge in [-0.25, -0.2) is 4.98 Å². The molecule has 2 unspecified atom stereocenters. The minimum absolute atomic E-state index is 0.0830. The molecule has 2 atom stereocenters. The quantitative estimate of drug-likeness (QED) is 0.303. The summed E-state index contributed by atoms with van der Waals surface area (Å²) >= 11 is 1.45. The molecule has 1 aliphatic rings. The number of carbonyl (C=O) groups is 1. The van der Waals surface area contributed by atoms with E-state index < -0.39 is 11.6 Å². The lowest BCUT2D eigenvalue weighted by molar-refractivity contribution is -0.269. The highest BCUT2D eigenvalue weighted by Gasteiger charge is 2.32. The molecule has 200 valence electrons. The minimum atomic E-state index is -4.35. The van der Waals surface area contributed by atoms with Gasteiger partial charge in [0, 0.05) is 34.0 Å². The highest BCUT2D eigenvalue weighted by atomic mass is 32.2. The zero-order chi connectivity index (χ0) is 26.9. The molecular formula is C25H24F3N6O2S2-. The number of benzene rings is 2. The number of alkyl halides is 3. The van der Waals surface area contributed by atoms with E-state index in [9.17, 15) is 23.1 Å². The van der Waals surface area contributed by atoms with Crippen LogP contribution in [0.5, 0.6) is 0 Å². The van der Waals surface area contributed by atoms with E-state index in [0.29, 0.717) is 32.4 Å². The molecule has 0 radical (unpaired) electrons. The number of likely N-dealkylation sites (tertiary alicyclic amines) is 1. The van der Waals surface area contributed by atoms with E-state index in [1.54, 1.807) is 23.5 Å². The van der Waals surface area contributed by atoms with Crippen molar-refractivity contribution in [3.8, 4) is 0 Å². The van der Waals surface area contributed by atoms with Crippen molar-refractivity contribution in [2.24, 2.45) is 0 Å². The molecular weight excluding hydrogens is 537 g/mol. The first-order valence-corrected chi connectivity index (χ1v) is 13.6. The molecule has 13 heteroatoms. The molecule has 2 aromatic carbocycles. The number of fused-ring (bicyclic) bond motifs is 1. The minimum Gasteiger partial charge on any atom is -0.530 e. The van der Waals surface area contributed by atoms with Gasteiger partial charge in [0.15, 0.2) is 0 Å². The number of hydrogen-bond acceptors (Lipinski definition) is 8. The molecule has 1 saturated heterocycles. The number of carboxylic acid groups (broad SMARTS) is 1. The molecule has 0 bridgehead atoms. The zero-order valence-electron chi connectivity index (χ0n) is 20.3. The van der Waals surface area contributed by atoms with Crippen molar-refractivity contribution in [3.05, 3.63) is 63.6 Å². The maximum absolute atomic E-state index is 12.6. The predicted molar refractivity (Wildman–Crippen MR) is 138 cm³/mol. The van der Waals surface area contributed by atoms with Crippen LogP contribution in [0.2, 0.25) is 0 Å². The maximum atomic E-state index is 12.6. The highest BCUT2D eigenvalue weighted by molar-refractivity contribution is 8.00. The Morgan fingerprint density at radius 3 is 2.71 bits per heavy atom. The highest BCUT2D eigenvalue weighted by Crippen LogP contribution is 2.38. The molecule has 2 aromatic heterocycles. The van der Waals surface area contributed by atoms with E-state index in [1.165, 1.54) is 17.0 Å². The lowest BCUT2D eigenvalue weighted by Gasteiger charge is -2.40. The van der Waals surface area contributed by atoms with Crippen LogP contribution in [0.15, 0.2) is 47.4 Å². The van der Waals surface area contributed by atoms with E-state index in [0.717, 1.165) is 37.9 Å². The number of aromatic nitrogens is 4. The lowest BCUT2D eigenvalue weighted by Crippen LogP contribution is -2.51. The number of nitrogens with zero attached hydrogens (tertiary/aromatic N) is 4. The summed E-state index contributed by atoms with van der Waals surface area (Å²) < 4.78 is 37.9. The van der Waals surface area contributed by atoms with Gasteiger partial charge < -0.3 is 20.1 Å². The molecule has 1 amide bonds. The topological polar surface area (TPSA) is 110 Å². The monoisotopic (exact) mass is 561 g/mol. The van der Waals surface area contributed by atoms with Crippen LogP contribution in [0.4, 0.5) is 23.7 Å². The zero-order valence-corrected chi connectivity index (χ0v) is 21.9. The number of halogens is 3. The summed E-state index contributed by atoms with van der Waals surface area (Å²) in [6.45, 7) is 2.88. The molecule has 8 nitrogen and oxygen atoms in total. The summed E-state index contributed by atoms with van der Waals surface area (Å²) in [6, 6.07) is 11.5. The summed E-state index contributed by atoms with van der Waals surface area (Å²) in [4.78, 5) is 19.1. The summed E-state index contributed by atoms with van der Waals surface area (Å²) in [5, 5.41) is 26.9. The fourth-order valence-electron chi connectivity index (χ4n) is 4.73. The lowest BCUT2D eigenvalue weighted by atomic mass is 9.88. The normalized spacial score (nSPS) is 18.2. The van der Waals surface area contributed by atoms with Crippen molar-refractivity contribution in [2.75, 3.05) is 11.9 Å². The standard InChI is InChI=1S/C25H25F3N6O2S2/c1-14-22(13-29-17-4-7-20-21(12-17)32-33-31-20)37-23(30-14)16-8-9-34(24(35)36)18(11-16)10-15-2-5-19(6-3-15)38-25(26,27)28/h2-7,12,16,18,29H,8-11,13H2,1H3,(H,35,36)(H,31,32,33)/p-1. The number of nitrogens with one attached hydrogen (secondary N) is 2. The Hall–Kier alpha value is -3.32. The molecule has 4 aromatic rings. The molecule has 1 fully saturated rings. The van der Waals surface area contributed by atoms with Gasteiger partial charge >= 0.3 is 5.51 Å². The Kier molecular flexibility index (Phi) is 7.48. The largest absolute Gasteiger partial charge is 0.530 e. The maximum Gasteiger partial charge on any atom is 0.446 e. The second kappa shape index (κ2) is 10.8. The molecule has 0 aliphatic carbocycles. The van der Waals surface area contributed by atoms with E-state index in [2.05, 4.69) is 20.7 Å². The number of thiazole rings is 1. The third-order valence-corrected chi connectivity index (χ3v) is 8.67. The Morgan fingerprint density at radius 1 is 1.21 bits per heavy atom. The van der Waals surface area contributed by atoms with Crippen molar-refractivity contribution in [1.29, 1.82) is 0 Å². The van der Waals surface area contributed by atoms with Crippen LogP contribution in [0, 0.1) is 6.92 Å². The number of H-pyrrole nitrogens is 1. The number of hydrogen-bond donors (Lipinski definition) is 2. The molecule has 5 rings (SSSR count). The van der Waals surface area contributed by atoms with Gasteiger partial charge in [-0.2, -0.15) is 28.6 Å². The van der Waals surface area contributed by atoms with Crippen molar-refractivity contribution < 1.29 is 23.1 Å². The fourth-order valence-corrected chi connectivity index (χ4v) is 6.42. The second-order valence-electron chi connectivity index (χ2n) is 9.17. The number of anilines is 1. The van der Waals surface area contributed by atoms with Crippen LogP contribution in [-0.4, -0.2) is 49.5 Å². The van der Waals surface area contributed by atoms with E-state index in [-0.39, 0.29) is 28.6 Å². The number of amides is 1. The predicted octanol–water partition coefficient (Wildman–Crippen LogP) is 5.08. The number of aryl methyl sites for hydroxylation is 1. The summed E-state index contributed by atoms with van der Waals surface area (Å²) in [6.07, 6.45) is 0.358. The smallest absolute Gasteiger partial charge is 0.446 e. The Morgan fingerprint density at radius 2 is 1.97 bits per heavy atom. The summed E-state index contributed by atoms with van der Waals surface area (Å²) in [5.74, 6) is 0.0830. The average Bonchev–Trinajstić information content (AvgIpc) is 3.48. The Balaban J connectivity index is 1.26. The summed E-state index contributed by atoms with van der Waals surface area (Å²) in [5.41, 5.74) is -0.164. The van der Waals surface area contributed by atoms with Crippen LogP contribution in [0.25, 0.3) is 11.0 Å². The molecule has 0 spiro atoms. The first kappa shape index (κ1) is 26.3. The number of rotatable bonds is 7. The van der Waals surface area contributed by atoms with Crippen molar-refractivity contribution in [3.63, 3.8) is 0 Å². The summed E-state index contributed by atoms with van der Waals surface area (Å²) in [7, 11) is 0. The third kappa shape index (κ3) is 6.21. The van der Waals surface area contributed by atoms with Crippen molar-refractivity contribution >= 4 is 45.9 Å². The Labute approximate surface area is 224 Å². The molecule has 1 aliphatic heterocycles. The van der Waals surface area contributed by atoms with Gasteiger partial charge in [0.25, 0.3) is 0 Å². The van der Waals surface area contributed by atoms with Crippen LogP contribution in [0.1, 0.15) is 39.9 Å². The van der Waals surface area contributed by atoms with Gasteiger partial charge in [0.05, 0.1) is 17.2 Å². The van der Waals surface area contributed by atoms with E-state index >= 15 is 0 Å². The fraction of sp³-hybridized carbons (Fsp3) is 0.360. The number of piperidine rings is 1. The van der Waals surface area contributed by atoms with E-state index in [1.807, 2.05) is 25.1 Å². The third-order valence-electron chi connectivity index (χ3n) is 6.61. The van der Waals surface area contributed by atoms with Gasteiger partial charge in [0.2, 0.25) is 0 Å². The van der Waals surface area contributed by atoms with Gasteiger partial charge in [-0.3, -0.25) is 0 Å². The van der Waals surface area contributed by atoms with Crippen molar-refractivity contribution in [2.45, 2.75) is 55.1 Å².